The standard InChI is InChI=1S/C17H14N2O2/c1-11-3-4-13(9-18)7-16(11)21-17-8-14(10-19)5-6-15(17)12(2)20/h3-8,12,20H,1-2H3/t12-/m0/s1. The van der Waals surface area contributed by atoms with Gasteiger partial charge in [0.15, 0.2) is 0 Å². The minimum absolute atomic E-state index is 0.419. The molecule has 0 saturated heterocycles. The number of ether oxygens (including phenoxy) is 1. The summed E-state index contributed by atoms with van der Waals surface area (Å²) in [6.45, 7) is 3.50. The lowest BCUT2D eigenvalue weighted by Crippen LogP contribution is -1.98. The third kappa shape index (κ3) is 3.20. The van der Waals surface area contributed by atoms with E-state index in [1.807, 2.05) is 13.0 Å². The lowest BCUT2D eigenvalue weighted by molar-refractivity contribution is 0.195. The van der Waals surface area contributed by atoms with Gasteiger partial charge in [-0.3, -0.25) is 0 Å². The molecule has 0 bridgehead atoms. The molecule has 0 unspecified atom stereocenters. The Bertz CT molecular complexity index is 752. The molecule has 21 heavy (non-hydrogen) atoms. The van der Waals surface area contributed by atoms with Gasteiger partial charge in [-0.1, -0.05) is 12.1 Å². The van der Waals surface area contributed by atoms with Crippen molar-refractivity contribution >= 4 is 0 Å². The van der Waals surface area contributed by atoms with Crippen LogP contribution in [-0.4, -0.2) is 5.11 Å². The topological polar surface area (TPSA) is 77.0 Å². The third-order valence-electron chi connectivity index (χ3n) is 3.13. The van der Waals surface area contributed by atoms with Crippen molar-refractivity contribution in [3.8, 4) is 23.6 Å². The van der Waals surface area contributed by atoms with Gasteiger partial charge < -0.3 is 9.84 Å². The van der Waals surface area contributed by atoms with Gasteiger partial charge in [-0.05, 0) is 43.7 Å². The number of rotatable bonds is 3. The van der Waals surface area contributed by atoms with Crippen molar-refractivity contribution in [2.24, 2.45) is 0 Å². The molecule has 0 heterocycles. The van der Waals surface area contributed by atoms with Crippen LogP contribution < -0.4 is 4.74 Å². The molecular formula is C17H14N2O2. The Balaban J connectivity index is 2.48. The minimum Gasteiger partial charge on any atom is -0.457 e. The summed E-state index contributed by atoms with van der Waals surface area (Å²) in [5.74, 6) is 0.952. The maximum absolute atomic E-state index is 9.80. The predicted octanol–water partition coefficient (Wildman–Crippen LogP) is 3.58. The molecule has 1 N–H and O–H groups in total. The van der Waals surface area contributed by atoms with Crippen LogP contribution in [0.2, 0.25) is 0 Å². The van der Waals surface area contributed by atoms with Crippen LogP contribution in [-0.2, 0) is 0 Å². The van der Waals surface area contributed by atoms with Crippen LogP contribution in [0.3, 0.4) is 0 Å². The van der Waals surface area contributed by atoms with E-state index in [4.69, 9.17) is 15.3 Å². The average Bonchev–Trinajstić information content (AvgIpc) is 2.49. The Morgan fingerprint density at radius 3 is 2.14 bits per heavy atom. The van der Waals surface area contributed by atoms with Crippen molar-refractivity contribution in [3.63, 3.8) is 0 Å². The number of nitriles is 2. The maximum atomic E-state index is 9.80. The maximum Gasteiger partial charge on any atom is 0.134 e. The molecule has 0 aliphatic rings. The fourth-order valence-corrected chi connectivity index (χ4v) is 1.94. The zero-order valence-corrected chi connectivity index (χ0v) is 11.8. The number of aliphatic hydroxyl groups is 1. The molecule has 0 amide bonds. The second-order valence-corrected chi connectivity index (χ2v) is 4.73. The average molecular weight is 278 g/mol. The van der Waals surface area contributed by atoms with Gasteiger partial charge in [-0.2, -0.15) is 10.5 Å². The van der Waals surface area contributed by atoms with Gasteiger partial charge in [0.05, 0.1) is 29.4 Å². The van der Waals surface area contributed by atoms with Crippen LogP contribution >= 0.6 is 0 Å². The van der Waals surface area contributed by atoms with Crippen LogP contribution in [0.25, 0.3) is 0 Å². The Morgan fingerprint density at radius 2 is 1.57 bits per heavy atom. The van der Waals surface area contributed by atoms with E-state index in [-0.39, 0.29) is 0 Å². The number of benzene rings is 2. The molecule has 0 aromatic heterocycles. The van der Waals surface area contributed by atoms with Crippen LogP contribution in [0.4, 0.5) is 0 Å². The normalized spacial score (nSPS) is 11.3. The van der Waals surface area contributed by atoms with Crippen LogP contribution in [0.1, 0.15) is 35.3 Å². The Kier molecular flexibility index (Phi) is 4.23. The van der Waals surface area contributed by atoms with E-state index in [1.54, 1.807) is 43.3 Å². The summed E-state index contributed by atoms with van der Waals surface area (Å²) in [6, 6.07) is 14.1. The van der Waals surface area contributed by atoms with E-state index in [0.29, 0.717) is 28.2 Å². The summed E-state index contributed by atoms with van der Waals surface area (Å²) in [7, 11) is 0. The molecule has 0 fully saturated rings. The van der Waals surface area contributed by atoms with Gasteiger partial charge in [0.2, 0.25) is 0 Å². The van der Waals surface area contributed by atoms with Gasteiger partial charge >= 0.3 is 0 Å². The smallest absolute Gasteiger partial charge is 0.134 e. The van der Waals surface area contributed by atoms with Crippen molar-refractivity contribution in [2.75, 3.05) is 0 Å². The van der Waals surface area contributed by atoms with Crippen LogP contribution in [0.15, 0.2) is 36.4 Å². The van der Waals surface area contributed by atoms with Gasteiger partial charge in [-0.15, -0.1) is 0 Å². The first-order valence-corrected chi connectivity index (χ1v) is 6.46. The zero-order valence-electron chi connectivity index (χ0n) is 11.8. The Hall–Kier alpha value is -2.82. The zero-order chi connectivity index (χ0) is 15.4. The Labute approximate surface area is 123 Å². The molecule has 2 rings (SSSR count). The molecule has 4 heteroatoms. The van der Waals surface area contributed by atoms with E-state index >= 15 is 0 Å². The fourth-order valence-electron chi connectivity index (χ4n) is 1.94. The largest absolute Gasteiger partial charge is 0.457 e. The molecule has 2 aromatic carbocycles. The van der Waals surface area contributed by atoms with E-state index in [1.165, 1.54) is 0 Å². The van der Waals surface area contributed by atoms with Gasteiger partial charge in [0.1, 0.15) is 11.5 Å². The second-order valence-electron chi connectivity index (χ2n) is 4.73. The highest BCUT2D eigenvalue weighted by atomic mass is 16.5. The van der Waals surface area contributed by atoms with Crippen molar-refractivity contribution in [1.29, 1.82) is 10.5 Å². The van der Waals surface area contributed by atoms with Gasteiger partial charge in [-0.25, -0.2) is 0 Å². The molecule has 0 radical (unpaired) electrons. The highest BCUT2D eigenvalue weighted by molar-refractivity contribution is 5.48. The van der Waals surface area contributed by atoms with Gasteiger partial charge in [0.25, 0.3) is 0 Å². The quantitative estimate of drug-likeness (QED) is 0.930. The third-order valence-corrected chi connectivity index (χ3v) is 3.13. The first kappa shape index (κ1) is 14.6. The molecule has 0 saturated carbocycles. The Morgan fingerprint density at radius 1 is 1.00 bits per heavy atom. The first-order valence-electron chi connectivity index (χ1n) is 6.46. The molecule has 0 spiro atoms. The number of hydrogen-bond acceptors (Lipinski definition) is 4. The lowest BCUT2D eigenvalue weighted by Gasteiger charge is -2.15. The second kappa shape index (κ2) is 6.09. The van der Waals surface area contributed by atoms with Crippen molar-refractivity contribution in [2.45, 2.75) is 20.0 Å². The van der Waals surface area contributed by atoms with Gasteiger partial charge in [0, 0.05) is 5.56 Å². The lowest BCUT2D eigenvalue weighted by atomic mass is 10.1. The number of aliphatic hydroxyl groups excluding tert-OH is 1. The summed E-state index contributed by atoms with van der Waals surface area (Å²) in [5, 5.41) is 27.7. The number of nitrogens with zero attached hydrogens (tertiary/aromatic N) is 2. The highest BCUT2D eigenvalue weighted by Gasteiger charge is 2.12. The number of aryl methyl sites for hydroxylation is 1. The fraction of sp³-hybridized carbons (Fsp3) is 0.176. The molecule has 1 atom stereocenters. The van der Waals surface area contributed by atoms with Crippen LogP contribution in [0.5, 0.6) is 11.5 Å². The van der Waals surface area contributed by atoms with E-state index in [9.17, 15) is 5.11 Å². The summed E-state index contributed by atoms with van der Waals surface area (Å²) in [6.07, 6.45) is -0.716. The highest BCUT2D eigenvalue weighted by Crippen LogP contribution is 2.32. The van der Waals surface area contributed by atoms with E-state index in [2.05, 4.69) is 6.07 Å². The molecular weight excluding hydrogens is 264 g/mol. The molecule has 2 aromatic rings. The summed E-state index contributed by atoms with van der Waals surface area (Å²) < 4.78 is 5.82. The molecule has 0 aliphatic heterocycles. The summed E-state index contributed by atoms with van der Waals surface area (Å²) >= 11 is 0. The SMILES string of the molecule is Cc1ccc(C#N)cc1Oc1cc(C#N)ccc1[C@H](C)O. The van der Waals surface area contributed by atoms with E-state index < -0.39 is 6.10 Å². The predicted molar refractivity (Wildman–Crippen MR) is 77.8 cm³/mol. The van der Waals surface area contributed by atoms with Crippen LogP contribution in [0, 0.1) is 29.6 Å². The molecule has 4 nitrogen and oxygen atoms in total. The summed E-state index contributed by atoms with van der Waals surface area (Å²) in [5.41, 5.74) is 2.40. The van der Waals surface area contributed by atoms with Crippen molar-refractivity contribution in [1.82, 2.24) is 0 Å². The monoisotopic (exact) mass is 278 g/mol. The van der Waals surface area contributed by atoms with Crippen molar-refractivity contribution < 1.29 is 9.84 Å². The first-order chi connectivity index (χ1) is 10.0. The summed E-state index contributed by atoms with van der Waals surface area (Å²) in [4.78, 5) is 0. The molecule has 104 valence electrons. The minimum atomic E-state index is -0.716. The molecule has 0 aliphatic carbocycles. The number of hydrogen-bond donors (Lipinski definition) is 1. The van der Waals surface area contributed by atoms with Crippen molar-refractivity contribution in [3.05, 3.63) is 58.7 Å². The van der Waals surface area contributed by atoms with E-state index in [0.717, 1.165) is 5.56 Å².